The van der Waals surface area contributed by atoms with Crippen molar-refractivity contribution >= 4 is 21.8 Å². The van der Waals surface area contributed by atoms with E-state index in [1.54, 1.807) is 6.20 Å². The quantitative estimate of drug-likeness (QED) is 0.252. The van der Waals surface area contributed by atoms with Crippen LogP contribution in [0.1, 0.15) is 24.8 Å². The molecule has 4 aromatic heterocycles. The highest BCUT2D eigenvalue weighted by molar-refractivity contribution is 6.01. The van der Waals surface area contributed by atoms with E-state index in [4.69, 9.17) is 5.10 Å². The molecule has 2 aromatic carbocycles. The zero-order valence-electron chi connectivity index (χ0n) is 21.3. The van der Waals surface area contributed by atoms with Crippen molar-refractivity contribution in [1.29, 1.82) is 0 Å². The maximum Gasteiger partial charge on any atom is 0.116 e. The normalized spacial score (nSPS) is 14.1. The second-order valence-corrected chi connectivity index (χ2v) is 10.3. The average Bonchev–Trinajstić information content (AvgIpc) is 3.73. The maximum absolute atomic E-state index is 4.70. The van der Waals surface area contributed by atoms with Gasteiger partial charge in [0.05, 0.1) is 11.2 Å². The number of likely N-dealkylation sites (tertiary alicyclic amines) is 1. The summed E-state index contributed by atoms with van der Waals surface area (Å²) in [5.74, 6) is 0. The van der Waals surface area contributed by atoms with Crippen molar-refractivity contribution in [3.8, 4) is 33.6 Å². The fraction of sp³-hybridized carbons (Fsp3) is 0.219. The Morgan fingerprint density at radius 3 is 2.58 bits per heavy atom. The lowest BCUT2D eigenvalue weighted by Crippen LogP contribution is -2.20. The smallest absolute Gasteiger partial charge is 0.116 e. The van der Waals surface area contributed by atoms with Gasteiger partial charge in [-0.2, -0.15) is 5.10 Å². The number of H-pyrrole nitrogens is 2. The molecule has 0 spiro atoms. The van der Waals surface area contributed by atoms with Crippen LogP contribution in [0.3, 0.4) is 0 Å². The van der Waals surface area contributed by atoms with E-state index in [1.165, 1.54) is 44.5 Å². The Balaban J connectivity index is 1.20. The standard InChI is InChI=1S/C32H30N6/c1-2-14-38(13-1)15-5-6-22-16-25(21-34-19-22)23-10-11-30-28(17-23)32(37-36-30)31-18-27-26(8-3-9-29(27)35-31)24-7-4-12-33-20-24/h3-4,7-12,16-21,35H,1-2,5-6,13-15H2,(H,36,37). The van der Waals surface area contributed by atoms with Gasteiger partial charge in [0, 0.05) is 52.2 Å². The summed E-state index contributed by atoms with van der Waals surface area (Å²) in [6, 6.07) is 21.4. The molecule has 188 valence electrons. The molecule has 0 atom stereocenters. The third-order valence-corrected chi connectivity index (χ3v) is 7.72. The first-order valence-electron chi connectivity index (χ1n) is 13.5. The van der Waals surface area contributed by atoms with Crippen LogP contribution < -0.4 is 0 Å². The molecule has 6 nitrogen and oxygen atoms in total. The molecule has 1 aliphatic rings. The molecule has 0 saturated carbocycles. The Bertz CT molecular complexity index is 1710. The van der Waals surface area contributed by atoms with Gasteiger partial charge in [-0.15, -0.1) is 0 Å². The van der Waals surface area contributed by atoms with Gasteiger partial charge in [0.2, 0.25) is 0 Å². The fourth-order valence-electron chi connectivity index (χ4n) is 5.75. The molecule has 0 aliphatic carbocycles. The van der Waals surface area contributed by atoms with E-state index >= 15 is 0 Å². The molecule has 0 bridgehead atoms. The number of aromatic amines is 2. The SMILES string of the molecule is c1cncc(-c2cccc3[nH]c(-c4n[nH]c5ccc(-c6cncc(CCCN7CCCC7)c6)cc45)cc23)c1. The summed E-state index contributed by atoms with van der Waals surface area (Å²) in [6.45, 7) is 3.69. The summed E-state index contributed by atoms with van der Waals surface area (Å²) in [5.41, 5.74) is 9.88. The molecule has 6 aromatic rings. The number of nitrogens with one attached hydrogen (secondary N) is 2. The topological polar surface area (TPSA) is 73.5 Å². The summed E-state index contributed by atoms with van der Waals surface area (Å²) < 4.78 is 0. The van der Waals surface area contributed by atoms with Crippen LogP contribution in [0, 0.1) is 0 Å². The second kappa shape index (κ2) is 9.88. The Hall–Kier alpha value is -4.29. The van der Waals surface area contributed by atoms with Gasteiger partial charge in [0.25, 0.3) is 0 Å². The molecule has 1 aliphatic heterocycles. The van der Waals surface area contributed by atoms with Crippen LogP contribution in [0.5, 0.6) is 0 Å². The van der Waals surface area contributed by atoms with E-state index in [1.807, 2.05) is 24.7 Å². The minimum absolute atomic E-state index is 0.921. The maximum atomic E-state index is 4.70. The first-order valence-corrected chi connectivity index (χ1v) is 13.5. The van der Waals surface area contributed by atoms with Gasteiger partial charge in [0.15, 0.2) is 0 Å². The number of aryl methyl sites for hydroxylation is 1. The lowest BCUT2D eigenvalue weighted by molar-refractivity contribution is 0.334. The Morgan fingerprint density at radius 2 is 1.68 bits per heavy atom. The Morgan fingerprint density at radius 1 is 0.763 bits per heavy atom. The van der Waals surface area contributed by atoms with Gasteiger partial charge < -0.3 is 9.88 Å². The summed E-state index contributed by atoms with van der Waals surface area (Å²) in [6.07, 6.45) is 12.6. The minimum Gasteiger partial charge on any atom is -0.353 e. The van der Waals surface area contributed by atoms with Crippen LogP contribution in [0.25, 0.3) is 55.4 Å². The van der Waals surface area contributed by atoms with Gasteiger partial charge in [0.1, 0.15) is 5.69 Å². The largest absolute Gasteiger partial charge is 0.353 e. The van der Waals surface area contributed by atoms with Gasteiger partial charge >= 0.3 is 0 Å². The van der Waals surface area contributed by atoms with Gasteiger partial charge in [-0.05, 0) is 98.4 Å². The number of aromatic nitrogens is 5. The van der Waals surface area contributed by atoms with Crippen molar-refractivity contribution in [2.75, 3.05) is 19.6 Å². The predicted octanol–water partition coefficient (Wildman–Crippen LogP) is 6.86. The molecular weight excluding hydrogens is 468 g/mol. The average molecular weight is 499 g/mol. The summed E-state index contributed by atoms with van der Waals surface area (Å²) >= 11 is 0. The predicted molar refractivity (Wildman–Crippen MR) is 154 cm³/mol. The van der Waals surface area contributed by atoms with E-state index in [9.17, 15) is 0 Å². The molecule has 7 rings (SSSR count). The van der Waals surface area contributed by atoms with Crippen LogP contribution in [0.4, 0.5) is 0 Å². The number of hydrogen-bond donors (Lipinski definition) is 2. The number of pyridine rings is 2. The van der Waals surface area contributed by atoms with E-state index < -0.39 is 0 Å². The van der Waals surface area contributed by atoms with E-state index in [0.717, 1.165) is 61.9 Å². The van der Waals surface area contributed by atoms with E-state index in [2.05, 4.69) is 79.5 Å². The third-order valence-electron chi connectivity index (χ3n) is 7.72. The van der Waals surface area contributed by atoms with Crippen LogP contribution in [-0.4, -0.2) is 49.7 Å². The highest BCUT2D eigenvalue weighted by atomic mass is 15.1. The molecule has 0 radical (unpaired) electrons. The molecule has 0 unspecified atom stereocenters. The third kappa shape index (κ3) is 4.37. The first-order chi connectivity index (χ1) is 18.8. The molecule has 38 heavy (non-hydrogen) atoms. The van der Waals surface area contributed by atoms with Crippen LogP contribution in [0.2, 0.25) is 0 Å². The molecule has 0 amide bonds. The van der Waals surface area contributed by atoms with Gasteiger partial charge in [-0.3, -0.25) is 15.1 Å². The summed E-state index contributed by atoms with van der Waals surface area (Å²) in [5, 5.41) is 10.2. The summed E-state index contributed by atoms with van der Waals surface area (Å²) in [4.78, 5) is 15.1. The molecule has 5 heterocycles. The number of nitrogens with zero attached hydrogens (tertiary/aromatic N) is 4. The van der Waals surface area contributed by atoms with Crippen molar-refractivity contribution < 1.29 is 0 Å². The van der Waals surface area contributed by atoms with Crippen LogP contribution in [0.15, 0.2) is 85.5 Å². The lowest BCUT2D eigenvalue weighted by Gasteiger charge is -2.14. The van der Waals surface area contributed by atoms with Crippen molar-refractivity contribution in [1.82, 2.24) is 30.0 Å². The number of fused-ring (bicyclic) bond motifs is 2. The zero-order chi connectivity index (χ0) is 25.3. The first kappa shape index (κ1) is 22.9. The molecule has 2 N–H and O–H groups in total. The number of hydrogen-bond acceptors (Lipinski definition) is 4. The van der Waals surface area contributed by atoms with Crippen molar-refractivity contribution in [2.24, 2.45) is 0 Å². The van der Waals surface area contributed by atoms with E-state index in [0.29, 0.717) is 0 Å². The minimum atomic E-state index is 0.921. The van der Waals surface area contributed by atoms with E-state index in [-0.39, 0.29) is 0 Å². The Labute approximate surface area is 221 Å². The van der Waals surface area contributed by atoms with Crippen molar-refractivity contribution in [3.63, 3.8) is 0 Å². The van der Waals surface area contributed by atoms with Crippen LogP contribution in [-0.2, 0) is 6.42 Å². The van der Waals surface area contributed by atoms with Crippen LogP contribution >= 0.6 is 0 Å². The molecular formula is C32H30N6. The van der Waals surface area contributed by atoms with Gasteiger partial charge in [-0.1, -0.05) is 24.3 Å². The Kier molecular flexibility index (Phi) is 5.94. The molecule has 1 fully saturated rings. The highest BCUT2D eigenvalue weighted by Gasteiger charge is 2.15. The van der Waals surface area contributed by atoms with Gasteiger partial charge in [-0.25, -0.2) is 0 Å². The number of rotatable bonds is 7. The van der Waals surface area contributed by atoms with Crippen molar-refractivity contribution in [2.45, 2.75) is 25.7 Å². The lowest BCUT2D eigenvalue weighted by atomic mass is 10.0. The summed E-state index contributed by atoms with van der Waals surface area (Å²) in [7, 11) is 0. The second-order valence-electron chi connectivity index (χ2n) is 10.3. The molecule has 1 saturated heterocycles. The highest BCUT2D eigenvalue weighted by Crippen LogP contribution is 2.35. The molecule has 6 heteroatoms. The zero-order valence-corrected chi connectivity index (χ0v) is 21.3. The fourth-order valence-corrected chi connectivity index (χ4v) is 5.75. The monoisotopic (exact) mass is 498 g/mol. The van der Waals surface area contributed by atoms with Crippen molar-refractivity contribution in [3.05, 3.63) is 91.0 Å². The number of benzene rings is 2.